The molecule has 68 valence electrons. The van der Waals surface area contributed by atoms with Crippen LogP contribution in [0.3, 0.4) is 0 Å². The first-order valence-corrected chi connectivity index (χ1v) is 4.86. The Kier molecular flexibility index (Phi) is 3.43. The zero-order chi connectivity index (χ0) is 8.97. The molecule has 0 atom stereocenters. The molecule has 0 spiro atoms. The zero-order valence-electron chi connectivity index (χ0n) is 7.40. The maximum absolute atomic E-state index is 5.49. The predicted octanol–water partition coefficient (Wildman–Crippen LogP) is 0.712. The lowest BCUT2D eigenvalue weighted by Crippen LogP contribution is -2.35. The summed E-state index contributed by atoms with van der Waals surface area (Å²) in [4.78, 5) is 2.15. The van der Waals surface area contributed by atoms with Crippen molar-refractivity contribution in [3.05, 3.63) is 5.51 Å². The minimum Gasteiger partial charge on any atom is -0.343 e. The highest BCUT2D eigenvalue weighted by molar-refractivity contribution is 7.13. The average Bonchev–Trinajstić information content (AvgIpc) is 2.51. The highest BCUT2D eigenvalue weighted by Crippen LogP contribution is 2.17. The molecule has 0 aliphatic carbocycles. The molecule has 0 radical (unpaired) electrons. The molecule has 4 nitrogen and oxygen atoms in total. The van der Waals surface area contributed by atoms with Crippen molar-refractivity contribution in [1.82, 2.24) is 10.2 Å². The third kappa shape index (κ3) is 2.15. The van der Waals surface area contributed by atoms with Gasteiger partial charge in [0.25, 0.3) is 0 Å². The van der Waals surface area contributed by atoms with Crippen molar-refractivity contribution in [1.29, 1.82) is 0 Å². The molecule has 0 aliphatic rings. The molecular weight excluding hydrogens is 172 g/mol. The van der Waals surface area contributed by atoms with Gasteiger partial charge < -0.3 is 10.6 Å². The number of nitrogens with zero attached hydrogens (tertiary/aromatic N) is 3. The summed E-state index contributed by atoms with van der Waals surface area (Å²) < 4.78 is 0. The van der Waals surface area contributed by atoms with Gasteiger partial charge in [0.15, 0.2) is 0 Å². The molecule has 5 heteroatoms. The van der Waals surface area contributed by atoms with E-state index in [9.17, 15) is 0 Å². The van der Waals surface area contributed by atoms with E-state index in [2.05, 4.69) is 28.9 Å². The monoisotopic (exact) mass is 186 g/mol. The summed E-state index contributed by atoms with van der Waals surface area (Å²) in [6.45, 7) is 5.73. The maximum atomic E-state index is 5.49. The fourth-order valence-electron chi connectivity index (χ4n) is 1.01. The number of nitrogens with two attached hydrogens (primary N) is 1. The minimum absolute atomic E-state index is 0.432. The third-order valence-electron chi connectivity index (χ3n) is 1.59. The van der Waals surface area contributed by atoms with Crippen molar-refractivity contribution in [3.8, 4) is 0 Å². The van der Waals surface area contributed by atoms with E-state index in [1.807, 2.05) is 0 Å². The van der Waals surface area contributed by atoms with Gasteiger partial charge in [-0.2, -0.15) is 0 Å². The van der Waals surface area contributed by atoms with Crippen molar-refractivity contribution >= 4 is 16.5 Å². The van der Waals surface area contributed by atoms with Crippen molar-refractivity contribution < 1.29 is 0 Å². The van der Waals surface area contributed by atoms with Crippen molar-refractivity contribution in [2.24, 2.45) is 5.73 Å². The van der Waals surface area contributed by atoms with Gasteiger partial charge in [0, 0.05) is 19.1 Å². The lowest BCUT2D eigenvalue weighted by molar-refractivity contribution is 0.678. The van der Waals surface area contributed by atoms with Gasteiger partial charge in [-0.1, -0.05) is 11.3 Å². The molecule has 1 aromatic rings. The van der Waals surface area contributed by atoms with Gasteiger partial charge >= 0.3 is 0 Å². The van der Waals surface area contributed by atoms with E-state index < -0.39 is 0 Å². The summed E-state index contributed by atoms with van der Waals surface area (Å²) in [5.74, 6) is 0. The molecular formula is C7H14N4S. The summed E-state index contributed by atoms with van der Waals surface area (Å²) in [5, 5.41) is 8.74. The predicted molar refractivity (Wildman–Crippen MR) is 51.4 cm³/mol. The second-order valence-electron chi connectivity index (χ2n) is 2.80. The van der Waals surface area contributed by atoms with E-state index in [-0.39, 0.29) is 0 Å². The SMILES string of the molecule is CC(C)N(CCN)c1nncs1. The first-order valence-electron chi connectivity index (χ1n) is 3.98. The summed E-state index contributed by atoms with van der Waals surface area (Å²) in [6.07, 6.45) is 0. The fraction of sp³-hybridized carbons (Fsp3) is 0.714. The standard InChI is InChI=1S/C7H14N4S/c1-6(2)11(4-3-8)7-10-9-5-12-7/h5-6H,3-4,8H2,1-2H3. The third-order valence-corrected chi connectivity index (χ3v) is 2.31. The maximum Gasteiger partial charge on any atom is 0.208 e. The second kappa shape index (κ2) is 4.37. The molecule has 0 amide bonds. The Labute approximate surface area is 76.4 Å². The molecule has 12 heavy (non-hydrogen) atoms. The van der Waals surface area contributed by atoms with Crippen LogP contribution in [-0.4, -0.2) is 29.3 Å². The molecule has 1 heterocycles. The van der Waals surface area contributed by atoms with Crippen LogP contribution in [-0.2, 0) is 0 Å². The van der Waals surface area contributed by atoms with Gasteiger partial charge in [-0.3, -0.25) is 0 Å². The Balaban J connectivity index is 2.66. The van der Waals surface area contributed by atoms with Crippen LogP contribution in [0, 0.1) is 0 Å². The van der Waals surface area contributed by atoms with Crippen LogP contribution in [0.15, 0.2) is 5.51 Å². The Morgan fingerprint density at radius 1 is 1.67 bits per heavy atom. The number of anilines is 1. The first kappa shape index (κ1) is 9.41. The normalized spacial score (nSPS) is 10.7. The van der Waals surface area contributed by atoms with E-state index in [0.717, 1.165) is 11.7 Å². The van der Waals surface area contributed by atoms with Crippen molar-refractivity contribution in [3.63, 3.8) is 0 Å². The number of hydrogen-bond acceptors (Lipinski definition) is 5. The van der Waals surface area contributed by atoms with Crippen LogP contribution >= 0.6 is 11.3 Å². The lowest BCUT2D eigenvalue weighted by Gasteiger charge is -2.24. The quantitative estimate of drug-likeness (QED) is 0.752. The van der Waals surface area contributed by atoms with Crippen LogP contribution in [0.2, 0.25) is 0 Å². The number of rotatable bonds is 4. The lowest BCUT2D eigenvalue weighted by atomic mass is 10.3. The smallest absolute Gasteiger partial charge is 0.208 e. The second-order valence-corrected chi connectivity index (χ2v) is 3.61. The van der Waals surface area contributed by atoms with Gasteiger partial charge in [0.05, 0.1) is 0 Å². The molecule has 1 rings (SSSR count). The minimum atomic E-state index is 0.432. The molecule has 0 unspecified atom stereocenters. The van der Waals surface area contributed by atoms with Gasteiger partial charge in [-0.15, -0.1) is 10.2 Å². The summed E-state index contributed by atoms with van der Waals surface area (Å²) >= 11 is 1.55. The molecule has 2 N–H and O–H groups in total. The highest BCUT2D eigenvalue weighted by atomic mass is 32.1. The van der Waals surface area contributed by atoms with Crippen LogP contribution in [0.4, 0.5) is 5.13 Å². The Bertz CT molecular complexity index is 209. The van der Waals surface area contributed by atoms with Crippen LogP contribution in [0.5, 0.6) is 0 Å². The highest BCUT2D eigenvalue weighted by Gasteiger charge is 2.11. The van der Waals surface area contributed by atoms with Gasteiger partial charge in [0.2, 0.25) is 5.13 Å². The average molecular weight is 186 g/mol. The fourth-order valence-corrected chi connectivity index (χ4v) is 1.73. The number of hydrogen-bond donors (Lipinski definition) is 1. The molecule has 0 aliphatic heterocycles. The van der Waals surface area contributed by atoms with Gasteiger partial charge in [-0.25, -0.2) is 0 Å². The summed E-state index contributed by atoms with van der Waals surface area (Å²) in [7, 11) is 0. The van der Waals surface area contributed by atoms with E-state index >= 15 is 0 Å². The van der Waals surface area contributed by atoms with E-state index in [1.165, 1.54) is 0 Å². The Morgan fingerprint density at radius 3 is 2.83 bits per heavy atom. The zero-order valence-corrected chi connectivity index (χ0v) is 8.21. The largest absolute Gasteiger partial charge is 0.343 e. The van der Waals surface area contributed by atoms with E-state index in [4.69, 9.17) is 5.73 Å². The number of aromatic nitrogens is 2. The molecule has 0 aromatic carbocycles. The molecule has 0 bridgehead atoms. The first-order chi connectivity index (χ1) is 5.75. The van der Waals surface area contributed by atoms with E-state index in [1.54, 1.807) is 16.8 Å². The van der Waals surface area contributed by atoms with Gasteiger partial charge in [0.1, 0.15) is 5.51 Å². The Hall–Kier alpha value is -0.680. The topological polar surface area (TPSA) is 55.0 Å². The molecule has 1 aromatic heterocycles. The van der Waals surface area contributed by atoms with Crippen molar-refractivity contribution in [2.45, 2.75) is 19.9 Å². The molecule has 0 fully saturated rings. The van der Waals surface area contributed by atoms with Crippen LogP contribution < -0.4 is 10.6 Å². The summed E-state index contributed by atoms with van der Waals surface area (Å²) in [5.41, 5.74) is 7.23. The van der Waals surface area contributed by atoms with Gasteiger partial charge in [-0.05, 0) is 13.8 Å². The van der Waals surface area contributed by atoms with Crippen LogP contribution in [0.1, 0.15) is 13.8 Å². The molecule has 0 saturated heterocycles. The van der Waals surface area contributed by atoms with E-state index in [0.29, 0.717) is 12.6 Å². The van der Waals surface area contributed by atoms with Crippen molar-refractivity contribution in [2.75, 3.05) is 18.0 Å². The van der Waals surface area contributed by atoms with Crippen LogP contribution in [0.25, 0.3) is 0 Å². The Morgan fingerprint density at radius 2 is 2.42 bits per heavy atom. The summed E-state index contributed by atoms with van der Waals surface area (Å²) in [6, 6.07) is 0.432. The molecule has 0 saturated carbocycles.